The lowest BCUT2D eigenvalue weighted by Crippen LogP contribution is -2.35. The quantitative estimate of drug-likeness (QED) is 0.690. The molecule has 3 rings (SSSR count). The lowest BCUT2D eigenvalue weighted by Gasteiger charge is -2.12. The predicted octanol–water partition coefficient (Wildman–Crippen LogP) is 2.31. The number of benzene rings is 1. The summed E-state index contributed by atoms with van der Waals surface area (Å²) in [6.45, 7) is 4.46. The Balaban J connectivity index is 1.90. The molecule has 1 aliphatic heterocycles. The molecule has 2 aromatic rings. The number of aromatic nitrogens is 1. The molecular weight excluding hydrogens is 308 g/mol. The van der Waals surface area contributed by atoms with Gasteiger partial charge in [-0.25, -0.2) is 0 Å². The third-order valence-electron chi connectivity index (χ3n) is 4.25. The van der Waals surface area contributed by atoms with Crippen molar-refractivity contribution in [1.29, 1.82) is 0 Å². The first-order chi connectivity index (χ1) is 11.3. The molecule has 0 saturated carbocycles. The molecule has 24 heavy (non-hydrogen) atoms. The van der Waals surface area contributed by atoms with Crippen LogP contribution in [0.5, 0.6) is 0 Å². The number of ketones is 2. The Bertz CT molecular complexity index is 873. The number of aryl methyl sites for hydroxylation is 1. The van der Waals surface area contributed by atoms with Crippen LogP contribution >= 0.6 is 0 Å². The number of aromatic amines is 1. The summed E-state index contributed by atoms with van der Waals surface area (Å²) in [5.74, 6) is -1.49. The number of fused-ring (bicyclic) bond motifs is 1. The fourth-order valence-corrected chi connectivity index (χ4v) is 3.16. The van der Waals surface area contributed by atoms with Crippen LogP contribution in [-0.4, -0.2) is 39.8 Å². The van der Waals surface area contributed by atoms with Crippen molar-refractivity contribution in [2.45, 2.75) is 20.8 Å². The molecule has 1 aliphatic rings. The molecule has 2 heterocycles. The maximum absolute atomic E-state index is 12.6. The number of hydrogen-bond acceptors (Lipinski definition) is 4. The fourth-order valence-electron chi connectivity index (χ4n) is 3.16. The van der Waals surface area contributed by atoms with Crippen molar-refractivity contribution >= 4 is 23.4 Å². The Morgan fingerprint density at radius 3 is 2.04 bits per heavy atom. The van der Waals surface area contributed by atoms with Crippen LogP contribution in [0.3, 0.4) is 0 Å². The van der Waals surface area contributed by atoms with Crippen molar-refractivity contribution in [3.05, 3.63) is 57.9 Å². The average molecular weight is 324 g/mol. The van der Waals surface area contributed by atoms with E-state index in [1.165, 1.54) is 6.92 Å². The van der Waals surface area contributed by atoms with Crippen molar-refractivity contribution in [3.63, 3.8) is 0 Å². The highest BCUT2D eigenvalue weighted by atomic mass is 16.2. The Morgan fingerprint density at radius 2 is 1.58 bits per heavy atom. The van der Waals surface area contributed by atoms with Crippen LogP contribution < -0.4 is 0 Å². The normalized spacial score (nSPS) is 13.4. The van der Waals surface area contributed by atoms with Gasteiger partial charge < -0.3 is 4.98 Å². The lowest BCUT2D eigenvalue weighted by molar-refractivity contribution is 0.0623. The van der Waals surface area contributed by atoms with E-state index in [-0.39, 0.29) is 18.0 Å². The highest BCUT2D eigenvalue weighted by Crippen LogP contribution is 2.24. The molecule has 1 aromatic carbocycles. The molecule has 1 N–H and O–H groups in total. The van der Waals surface area contributed by atoms with Crippen LogP contribution in [0.1, 0.15) is 59.7 Å². The number of amides is 2. The summed E-state index contributed by atoms with van der Waals surface area (Å²) >= 11 is 0. The molecule has 0 unspecified atom stereocenters. The molecule has 0 spiro atoms. The molecule has 0 radical (unpaired) electrons. The van der Waals surface area contributed by atoms with Crippen LogP contribution in [0.25, 0.3) is 0 Å². The lowest BCUT2D eigenvalue weighted by atomic mass is 10.1. The molecule has 0 aliphatic carbocycles. The van der Waals surface area contributed by atoms with Crippen LogP contribution in [-0.2, 0) is 0 Å². The summed E-state index contributed by atoms with van der Waals surface area (Å²) in [4.78, 5) is 52.7. The van der Waals surface area contributed by atoms with Gasteiger partial charge in [-0.1, -0.05) is 12.1 Å². The Labute approximate surface area is 138 Å². The summed E-state index contributed by atoms with van der Waals surface area (Å²) < 4.78 is 0. The van der Waals surface area contributed by atoms with Crippen molar-refractivity contribution in [2.24, 2.45) is 0 Å². The van der Waals surface area contributed by atoms with E-state index in [4.69, 9.17) is 0 Å². The van der Waals surface area contributed by atoms with Gasteiger partial charge in [-0.3, -0.25) is 24.1 Å². The van der Waals surface area contributed by atoms with Crippen molar-refractivity contribution in [1.82, 2.24) is 9.88 Å². The van der Waals surface area contributed by atoms with Gasteiger partial charge in [-0.2, -0.15) is 0 Å². The van der Waals surface area contributed by atoms with Crippen LogP contribution in [0, 0.1) is 13.8 Å². The highest BCUT2D eigenvalue weighted by Gasteiger charge is 2.37. The molecule has 6 nitrogen and oxygen atoms in total. The molecule has 6 heteroatoms. The Hall–Kier alpha value is -3.02. The number of nitrogens with one attached hydrogen (secondary N) is 1. The van der Waals surface area contributed by atoms with Crippen LogP contribution in [0.15, 0.2) is 24.3 Å². The maximum Gasteiger partial charge on any atom is 0.261 e. The van der Waals surface area contributed by atoms with Gasteiger partial charge in [-0.15, -0.1) is 0 Å². The number of H-pyrrole nitrogens is 1. The highest BCUT2D eigenvalue weighted by molar-refractivity contribution is 6.23. The minimum absolute atomic E-state index is 0.138. The van der Waals surface area contributed by atoms with E-state index in [9.17, 15) is 19.2 Å². The average Bonchev–Trinajstić information content (AvgIpc) is 2.97. The van der Waals surface area contributed by atoms with Gasteiger partial charge in [-0.05, 0) is 38.5 Å². The van der Waals surface area contributed by atoms with Gasteiger partial charge in [0.15, 0.2) is 11.6 Å². The number of Topliss-reactive ketones (excluding diaryl/α,β-unsaturated/α-hetero) is 2. The zero-order valence-corrected chi connectivity index (χ0v) is 13.6. The minimum Gasteiger partial charge on any atom is -0.355 e. The van der Waals surface area contributed by atoms with Crippen molar-refractivity contribution < 1.29 is 19.2 Å². The monoisotopic (exact) mass is 324 g/mol. The number of carbonyl (C=O) groups excluding carboxylic acids is 4. The molecule has 0 saturated heterocycles. The molecule has 1 aromatic heterocycles. The Morgan fingerprint density at radius 1 is 1.04 bits per heavy atom. The fraction of sp³-hybridized carbons (Fsp3) is 0.222. The van der Waals surface area contributed by atoms with E-state index in [0.717, 1.165) is 4.90 Å². The largest absolute Gasteiger partial charge is 0.355 e. The summed E-state index contributed by atoms with van der Waals surface area (Å²) in [6.07, 6.45) is 0. The molecule has 122 valence electrons. The molecule has 0 atom stereocenters. The van der Waals surface area contributed by atoms with E-state index in [0.29, 0.717) is 27.9 Å². The third kappa shape index (κ3) is 2.27. The van der Waals surface area contributed by atoms with Crippen LogP contribution in [0.2, 0.25) is 0 Å². The molecular formula is C18H16N2O4. The summed E-state index contributed by atoms with van der Waals surface area (Å²) in [6, 6.07) is 6.48. The van der Waals surface area contributed by atoms with Gasteiger partial charge in [0.1, 0.15) is 0 Å². The second kappa shape index (κ2) is 5.56. The zero-order valence-electron chi connectivity index (χ0n) is 13.6. The number of hydrogen-bond donors (Lipinski definition) is 1. The molecule has 0 bridgehead atoms. The van der Waals surface area contributed by atoms with Crippen molar-refractivity contribution in [2.75, 3.05) is 6.54 Å². The van der Waals surface area contributed by atoms with Gasteiger partial charge in [0.05, 0.1) is 23.4 Å². The first kappa shape index (κ1) is 15.9. The van der Waals surface area contributed by atoms with Gasteiger partial charge >= 0.3 is 0 Å². The summed E-state index contributed by atoms with van der Waals surface area (Å²) in [7, 11) is 0. The Kier molecular flexibility index (Phi) is 3.67. The van der Waals surface area contributed by atoms with E-state index >= 15 is 0 Å². The standard InChI is InChI=1S/C18H16N2O4/c1-9-15(11(3)21)10(2)19-16(9)14(22)8-20-17(23)12-6-4-5-7-13(12)18(20)24/h4-7,19H,8H2,1-3H3. The van der Waals surface area contributed by atoms with E-state index < -0.39 is 17.6 Å². The molecule has 2 amide bonds. The third-order valence-corrected chi connectivity index (χ3v) is 4.25. The second-order valence-corrected chi connectivity index (χ2v) is 5.85. The summed E-state index contributed by atoms with van der Waals surface area (Å²) in [5, 5.41) is 0. The number of imide groups is 1. The first-order valence-corrected chi connectivity index (χ1v) is 7.51. The smallest absolute Gasteiger partial charge is 0.261 e. The van der Waals surface area contributed by atoms with Gasteiger partial charge in [0.2, 0.25) is 0 Å². The first-order valence-electron chi connectivity index (χ1n) is 7.51. The summed E-state index contributed by atoms with van der Waals surface area (Å²) in [5.41, 5.74) is 2.49. The van der Waals surface area contributed by atoms with Crippen LogP contribution in [0.4, 0.5) is 0 Å². The second-order valence-electron chi connectivity index (χ2n) is 5.85. The SMILES string of the molecule is CC(=O)c1c(C)[nH]c(C(=O)CN2C(=O)c3ccccc3C2=O)c1C. The minimum atomic E-state index is -0.475. The van der Waals surface area contributed by atoms with E-state index in [1.807, 2.05) is 0 Å². The number of rotatable bonds is 4. The van der Waals surface area contributed by atoms with Gasteiger partial charge in [0.25, 0.3) is 11.8 Å². The zero-order chi connectivity index (χ0) is 17.6. The predicted molar refractivity (Wildman–Crippen MR) is 86.4 cm³/mol. The van der Waals surface area contributed by atoms with E-state index in [2.05, 4.69) is 4.98 Å². The number of carbonyl (C=O) groups is 4. The molecule has 0 fully saturated rings. The van der Waals surface area contributed by atoms with E-state index in [1.54, 1.807) is 38.1 Å². The van der Waals surface area contributed by atoms with Crippen molar-refractivity contribution in [3.8, 4) is 0 Å². The maximum atomic E-state index is 12.6. The number of nitrogens with zero attached hydrogens (tertiary/aromatic N) is 1. The van der Waals surface area contributed by atoms with Gasteiger partial charge in [0, 0.05) is 11.3 Å². The topological polar surface area (TPSA) is 87.3 Å².